The van der Waals surface area contributed by atoms with Crippen LogP contribution < -0.4 is 10.6 Å². The van der Waals surface area contributed by atoms with Crippen LogP contribution in [-0.2, 0) is 0 Å². The highest BCUT2D eigenvalue weighted by atomic mass is 19.1. The van der Waals surface area contributed by atoms with Crippen molar-refractivity contribution in [3.05, 3.63) is 48.9 Å². The fourth-order valence-electron chi connectivity index (χ4n) is 4.25. The van der Waals surface area contributed by atoms with Crippen LogP contribution in [0.5, 0.6) is 0 Å². The Kier molecular flexibility index (Phi) is 5.67. The molecule has 9 nitrogen and oxygen atoms in total. The van der Waals surface area contributed by atoms with E-state index in [4.69, 9.17) is 4.98 Å². The van der Waals surface area contributed by atoms with Crippen molar-refractivity contribution in [3.8, 4) is 11.3 Å². The van der Waals surface area contributed by atoms with Crippen molar-refractivity contribution in [2.75, 3.05) is 37.3 Å². The molecule has 2 N–H and O–H groups in total. The van der Waals surface area contributed by atoms with Crippen LogP contribution in [0.1, 0.15) is 19.8 Å². The third-order valence-electron chi connectivity index (χ3n) is 6.15. The summed E-state index contributed by atoms with van der Waals surface area (Å²) in [4.78, 5) is 11.1. The Morgan fingerprint density at radius 3 is 2.76 bits per heavy atom. The predicted octanol–water partition coefficient (Wildman–Crippen LogP) is 3.27. The van der Waals surface area contributed by atoms with Gasteiger partial charge in [-0.3, -0.25) is 4.90 Å². The third kappa shape index (κ3) is 4.25. The monoisotopic (exact) mass is 449 g/mol. The second-order valence-electron chi connectivity index (χ2n) is 8.54. The molecule has 1 aliphatic rings. The van der Waals surface area contributed by atoms with E-state index < -0.39 is 6.17 Å². The van der Waals surface area contributed by atoms with E-state index in [0.29, 0.717) is 18.1 Å². The smallest absolute Gasteiger partial charge is 0.243 e. The van der Waals surface area contributed by atoms with Crippen molar-refractivity contribution >= 4 is 22.9 Å². The standard InChI is InChI=1S/C23H28FN9/c1-15(2)18(24)14-31-10-6-16(7-11-31)27-23-28-22(25-3)21-17(8-12-33(21)30-23)19-4-5-20-26-9-13-32(20)29-19/h4-5,8-9,12-13,16,18H,1,6-7,10-11,14H2,2-3H3,(H2,25,27,28,30). The molecule has 10 heteroatoms. The molecule has 172 valence electrons. The lowest BCUT2D eigenvalue weighted by Crippen LogP contribution is -2.42. The number of nitrogens with one attached hydrogen (secondary N) is 2. The minimum Gasteiger partial charge on any atom is -0.371 e. The number of imidazole rings is 1. The Labute approximate surface area is 191 Å². The zero-order valence-corrected chi connectivity index (χ0v) is 18.9. The van der Waals surface area contributed by atoms with Crippen LogP contribution in [0.25, 0.3) is 22.4 Å². The summed E-state index contributed by atoms with van der Waals surface area (Å²) in [5.74, 6) is 1.29. The van der Waals surface area contributed by atoms with Crippen molar-refractivity contribution in [3.63, 3.8) is 0 Å². The number of hydrogen-bond donors (Lipinski definition) is 2. The van der Waals surface area contributed by atoms with E-state index in [0.717, 1.165) is 54.2 Å². The van der Waals surface area contributed by atoms with Crippen molar-refractivity contribution in [1.82, 2.24) is 34.1 Å². The summed E-state index contributed by atoms with van der Waals surface area (Å²) in [7, 11) is 1.85. The zero-order valence-electron chi connectivity index (χ0n) is 18.9. The van der Waals surface area contributed by atoms with Crippen molar-refractivity contribution in [2.24, 2.45) is 0 Å². The van der Waals surface area contributed by atoms with Gasteiger partial charge in [0.15, 0.2) is 11.5 Å². The van der Waals surface area contributed by atoms with Gasteiger partial charge in [0.2, 0.25) is 5.95 Å². The molecule has 0 spiro atoms. The lowest BCUT2D eigenvalue weighted by atomic mass is 10.0. The average Bonchev–Trinajstić information content (AvgIpc) is 3.46. The lowest BCUT2D eigenvalue weighted by molar-refractivity contribution is 0.175. The summed E-state index contributed by atoms with van der Waals surface area (Å²) in [6.45, 7) is 7.55. The van der Waals surface area contributed by atoms with Gasteiger partial charge in [-0.2, -0.15) is 10.1 Å². The highest BCUT2D eigenvalue weighted by Crippen LogP contribution is 2.29. The van der Waals surface area contributed by atoms with Crippen LogP contribution in [0.3, 0.4) is 0 Å². The zero-order chi connectivity index (χ0) is 22.9. The molecule has 5 rings (SSSR count). The van der Waals surface area contributed by atoms with E-state index in [1.165, 1.54) is 0 Å². The number of rotatable bonds is 7. The quantitative estimate of drug-likeness (QED) is 0.419. The molecule has 1 fully saturated rings. The third-order valence-corrected chi connectivity index (χ3v) is 6.15. The Balaban J connectivity index is 1.34. The number of halogens is 1. The Hall–Kier alpha value is -3.53. The average molecular weight is 450 g/mol. The number of fused-ring (bicyclic) bond motifs is 2. The minimum absolute atomic E-state index is 0.242. The van der Waals surface area contributed by atoms with Gasteiger partial charge in [-0.1, -0.05) is 6.58 Å². The van der Waals surface area contributed by atoms with Gasteiger partial charge in [-0.15, -0.1) is 5.10 Å². The summed E-state index contributed by atoms with van der Waals surface area (Å²) in [6.07, 6.45) is 6.32. The second kappa shape index (κ2) is 8.78. The first-order valence-corrected chi connectivity index (χ1v) is 11.2. The molecule has 0 bridgehead atoms. The fourth-order valence-corrected chi connectivity index (χ4v) is 4.25. The summed E-state index contributed by atoms with van der Waals surface area (Å²) < 4.78 is 17.6. The Bertz CT molecular complexity index is 1290. The maximum atomic E-state index is 14.0. The molecule has 33 heavy (non-hydrogen) atoms. The van der Waals surface area contributed by atoms with E-state index in [1.54, 1.807) is 17.6 Å². The van der Waals surface area contributed by atoms with Gasteiger partial charge >= 0.3 is 0 Å². The molecular weight excluding hydrogens is 421 g/mol. The SMILES string of the molecule is C=C(C)C(F)CN1CCC(Nc2nc(NC)c3c(-c4ccc5nccn5n4)ccn3n2)CC1. The highest BCUT2D eigenvalue weighted by molar-refractivity contribution is 5.87. The van der Waals surface area contributed by atoms with Crippen LogP contribution in [0.15, 0.2) is 48.9 Å². The largest absolute Gasteiger partial charge is 0.371 e. The van der Waals surface area contributed by atoms with Crippen LogP contribution in [0, 0.1) is 0 Å². The van der Waals surface area contributed by atoms with Gasteiger partial charge in [0, 0.05) is 56.9 Å². The van der Waals surface area contributed by atoms with Gasteiger partial charge in [-0.25, -0.2) is 18.4 Å². The van der Waals surface area contributed by atoms with Crippen LogP contribution >= 0.6 is 0 Å². The van der Waals surface area contributed by atoms with Gasteiger partial charge in [0.25, 0.3) is 0 Å². The van der Waals surface area contributed by atoms with Crippen LogP contribution in [-0.4, -0.2) is 73.0 Å². The number of anilines is 2. The molecule has 1 atom stereocenters. The lowest BCUT2D eigenvalue weighted by Gasteiger charge is -2.33. The number of nitrogens with zero attached hydrogens (tertiary/aromatic N) is 7. The molecule has 4 aromatic heterocycles. The van der Waals surface area contributed by atoms with E-state index in [-0.39, 0.29) is 6.04 Å². The van der Waals surface area contributed by atoms with Crippen LogP contribution in [0.4, 0.5) is 16.2 Å². The summed E-state index contributed by atoms with van der Waals surface area (Å²) in [6, 6.07) is 6.13. The molecule has 0 saturated carbocycles. The fraction of sp³-hybridized carbons (Fsp3) is 0.391. The van der Waals surface area contributed by atoms with E-state index in [9.17, 15) is 4.39 Å². The molecule has 1 saturated heterocycles. The van der Waals surface area contributed by atoms with Gasteiger partial charge in [-0.05, 0) is 43.5 Å². The van der Waals surface area contributed by atoms with E-state index in [2.05, 4.69) is 37.3 Å². The Morgan fingerprint density at radius 1 is 1.18 bits per heavy atom. The molecule has 0 radical (unpaired) electrons. The first-order chi connectivity index (χ1) is 16.0. The molecule has 4 aromatic rings. The number of alkyl halides is 1. The van der Waals surface area contributed by atoms with Crippen LogP contribution in [0.2, 0.25) is 0 Å². The van der Waals surface area contributed by atoms with Crippen molar-refractivity contribution < 1.29 is 4.39 Å². The molecule has 5 heterocycles. The molecular formula is C23H28FN9. The normalized spacial score (nSPS) is 16.3. The number of likely N-dealkylation sites (tertiary alicyclic amines) is 1. The highest BCUT2D eigenvalue weighted by Gasteiger charge is 2.23. The molecule has 0 aliphatic carbocycles. The maximum absolute atomic E-state index is 14.0. The summed E-state index contributed by atoms with van der Waals surface area (Å²) in [5.41, 5.74) is 4.00. The maximum Gasteiger partial charge on any atom is 0.243 e. The number of aromatic nitrogens is 6. The second-order valence-corrected chi connectivity index (χ2v) is 8.54. The minimum atomic E-state index is -0.967. The number of hydrogen-bond acceptors (Lipinski definition) is 7. The molecule has 1 aliphatic heterocycles. The number of piperidine rings is 1. The first-order valence-electron chi connectivity index (χ1n) is 11.2. The van der Waals surface area contributed by atoms with E-state index in [1.807, 2.05) is 42.2 Å². The summed E-state index contributed by atoms with van der Waals surface area (Å²) in [5, 5.41) is 16.0. The molecule has 1 unspecified atom stereocenters. The summed E-state index contributed by atoms with van der Waals surface area (Å²) >= 11 is 0. The van der Waals surface area contributed by atoms with Crippen molar-refractivity contribution in [2.45, 2.75) is 32.0 Å². The van der Waals surface area contributed by atoms with Gasteiger partial charge < -0.3 is 10.6 Å². The first kappa shape index (κ1) is 21.3. The van der Waals surface area contributed by atoms with Crippen molar-refractivity contribution in [1.29, 1.82) is 0 Å². The Morgan fingerprint density at radius 2 is 2.00 bits per heavy atom. The molecule has 0 aromatic carbocycles. The topological polar surface area (TPSA) is 87.7 Å². The van der Waals surface area contributed by atoms with Gasteiger partial charge in [0.05, 0.1) is 5.69 Å². The molecule has 0 amide bonds. The van der Waals surface area contributed by atoms with Gasteiger partial charge in [0.1, 0.15) is 11.7 Å². The predicted molar refractivity (Wildman–Crippen MR) is 127 cm³/mol. The van der Waals surface area contributed by atoms with E-state index >= 15 is 0 Å².